The first-order valence-electron chi connectivity index (χ1n) is 6.68. The summed E-state index contributed by atoms with van der Waals surface area (Å²) in [5.74, 6) is 0.566. The summed E-state index contributed by atoms with van der Waals surface area (Å²) in [4.78, 5) is 12.6. The molecule has 20 heavy (non-hydrogen) atoms. The minimum absolute atomic E-state index is 0.363. The van der Waals surface area contributed by atoms with Gasteiger partial charge in [0.1, 0.15) is 0 Å². The zero-order valence-electron chi connectivity index (χ0n) is 11.6. The second-order valence-electron chi connectivity index (χ2n) is 4.52. The lowest BCUT2D eigenvalue weighted by molar-refractivity contribution is 0.0600. The van der Waals surface area contributed by atoms with Crippen molar-refractivity contribution in [2.45, 2.75) is 17.7 Å². The van der Waals surface area contributed by atoms with E-state index in [1.807, 2.05) is 6.07 Å². The number of carbonyl (C=O) groups excluding carboxylic acids is 1. The van der Waals surface area contributed by atoms with Crippen molar-refractivity contribution in [1.82, 2.24) is 0 Å². The number of anilines is 2. The molecule has 0 fully saturated rings. The van der Waals surface area contributed by atoms with Gasteiger partial charge >= 0.3 is 5.97 Å². The normalized spacial score (nSPS) is 16.4. The van der Waals surface area contributed by atoms with E-state index in [2.05, 4.69) is 5.32 Å². The Hall–Kier alpha value is -1.40. The first-order valence-corrected chi connectivity index (χ1v) is 7.67. The van der Waals surface area contributed by atoms with Crippen molar-refractivity contribution in [1.29, 1.82) is 0 Å². The highest BCUT2D eigenvalue weighted by molar-refractivity contribution is 7.99. The predicted octanol–water partition coefficient (Wildman–Crippen LogP) is 2.37. The van der Waals surface area contributed by atoms with E-state index >= 15 is 0 Å². The summed E-state index contributed by atoms with van der Waals surface area (Å²) < 4.78 is 10.3. The third kappa shape index (κ3) is 3.80. The Bertz CT molecular complexity index is 480. The van der Waals surface area contributed by atoms with Gasteiger partial charge in [-0.05, 0) is 25.0 Å². The van der Waals surface area contributed by atoms with E-state index < -0.39 is 0 Å². The molecule has 1 aromatic rings. The van der Waals surface area contributed by atoms with Gasteiger partial charge in [0.15, 0.2) is 0 Å². The maximum Gasteiger partial charge on any atom is 0.337 e. The Labute approximate surface area is 123 Å². The van der Waals surface area contributed by atoms with E-state index in [-0.39, 0.29) is 5.97 Å². The third-order valence-electron chi connectivity index (χ3n) is 3.01. The van der Waals surface area contributed by atoms with Crippen LogP contribution in [0.3, 0.4) is 0 Å². The van der Waals surface area contributed by atoms with Crippen molar-refractivity contribution in [3.8, 4) is 0 Å². The number of nitrogens with two attached hydrogens (primary N) is 1. The zero-order valence-corrected chi connectivity index (χ0v) is 12.4. The highest BCUT2D eigenvalue weighted by atomic mass is 32.2. The number of fused-ring (bicyclic) bond motifs is 1. The lowest BCUT2D eigenvalue weighted by atomic mass is 10.1. The SMILES string of the molecule is COC(=O)c1cc(N)c2c(c1)SCCCOCCCN2. The van der Waals surface area contributed by atoms with Crippen LogP contribution in [-0.2, 0) is 9.47 Å². The molecule has 1 aliphatic rings. The monoisotopic (exact) mass is 296 g/mol. The largest absolute Gasteiger partial charge is 0.465 e. The number of carbonyl (C=O) groups is 1. The number of esters is 1. The topological polar surface area (TPSA) is 73.6 Å². The highest BCUT2D eigenvalue weighted by Gasteiger charge is 2.14. The molecular weight excluding hydrogens is 276 g/mol. The molecule has 110 valence electrons. The molecule has 0 aliphatic carbocycles. The standard InChI is InChI=1S/C14H20N2O3S/c1-18-14(17)10-8-11(15)13-12(9-10)20-7-3-6-19-5-2-4-16-13/h8-9,16H,2-7,15H2,1H3. The van der Waals surface area contributed by atoms with E-state index in [1.54, 1.807) is 17.8 Å². The number of hydrogen-bond donors (Lipinski definition) is 2. The molecule has 1 heterocycles. The number of ether oxygens (including phenoxy) is 2. The fourth-order valence-corrected chi connectivity index (χ4v) is 3.04. The molecule has 0 saturated heterocycles. The number of nitrogen functional groups attached to an aromatic ring is 1. The molecule has 3 N–H and O–H groups in total. The molecule has 0 unspecified atom stereocenters. The van der Waals surface area contributed by atoms with E-state index in [1.165, 1.54) is 7.11 Å². The zero-order chi connectivity index (χ0) is 14.4. The van der Waals surface area contributed by atoms with Crippen LogP contribution in [0.2, 0.25) is 0 Å². The minimum Gasteiger partial charge on any atom is -0.465 e. The van der Waals surface area contributed by atoms with E-state index in [0.717, 1.165) is 48.9 Å². The van der Waals surface area contributed by atoms with E-state index in [0.29, 0.717) is 11.3 Å². The first kappa shape index (κ1) is 15.0. The lowest BCUT2D eigenvalue weighted by Crippen LogP contribution is -2.10. The fraction of sp³-hybridized carbons (Fsp3) is 0.500. The number of hydrogen-bond acceptors (Lipinski definition) is 6. The Morgan fingerprint density at radius 2 is 2.20 bits per heavy atom. The molecule has 0 atom stereocenters. The molecule has 5 nitrogen and oxygen atoms in total. The molecule has 1 aliphatic heterocycles. The van der Waals surface area contributed by atoms with Crippen molar-refractivity contribution >= 4 is 29.1 Å². The van der Waals surface area contributed by atoms with Gasteiger partial charge in [-0.1, -0.05) is 0 Å². The Morgan fingerprint density at radius 1 is 1.40 bits per heavy atom. The van der Waals surface area contributed by atoms with Gasteiger partial charge in [-0.25, -0.2) is 4.79 Å². The molecule has 2 rings (SSSR count). The van der Waals surface area contributed by atoms with Crippen molar-refractivity contribution in [2.75, 3.05) is 43.7 Å². The molecule has 0 spiro atoms. The van der Waals surface area contributed by atoms with Gasteiger partial charge in [0, 0.05) is 30.4 Å². The lowest BCUT2D eigenvalue weighted by Gasteiger charge is -2.15. The molecule has 6 heteroatoms. The van der Waals surface area contributed by atoms with Gasteiger partial charge in [0.05, 0.1) is 24.0 Å². The van der Waals surface area contributed by atoms with Gasteiger partial charge < -0.3 is 20.5 Å². The Morgan fingerprint density at radius 3 is 3.00 bits per heavy atom. The van der Waals surface area contributed by atoms with Crippen molar-refractivity contribution in [2.24, 2.45) is 0 Å². The van der Waals surface area contributed by atoms with Crippen LogP contribution in [0.5, 0.6) is 0 Å². The van der Waals surface area contributed by atoms with Crippen molar-refractivity contribution in [3.63, 3.8) is 0 Å². The van der Waals surface area contributed by atoms with E-state index in [9.17, 15) is 4.79 Å². The second-order valence-corrected chi connectivity index (χ2v) is 5.66. The third-order valence-corrected chi connectivity index (χ3v) is 4.14. The maximum absolute atomic E-state index is 11.7. The number of benzene rings is 1. The summed E-state index contributed by atoms with van der Waals surface area (Å²) >= 11 is 1.68. The number of thioether (sulfide) groups is 1. The molecule has 1 aromatic carbocycles. The predicted molar refractivity (Wildman–Crippen MR) is 81.5 cm³/mol. The summed E-state index contributed by atoms with van der Waals surface area (Å²) in [6, 6.07) is 3.50. The number of methoxy groups -OCH3 is 1. The molecule has 0 aromatic heterocycles. The summed E-state index contributed by atoms with van der Waals surface area (Å²) in [7, 11) is 1.37. The van der Waals surface area contributed by atoms with Crippen LogP contribution < -0.4 is 11.1 Å². The number of nitrogens with one attached hydrogen (secondary N) is 1. The van der Waals surface area contributed by atoms with Gasteiger partial charge in [-0.15, -0.1) is 11.8 Å². The fourth-order valence-electron chi connectivity index (χ4n) is 2.01. The van der Waals surface area contributed by atoms with Crippen molar-refractivity contribution in [3.05, 3.63) is 17.7 Å². The summed E-state index contributed by atoms with van der Waals surface area (Å²) in [5.41, 5.74) is 8.05. The molecule has 0 saturated carbocycles. The summed E-state index contributed by atoms with van der Waals surface area (Å²) in [5, 5.41) is 3.34. The average molecular weight is 296 g/mol. The van der Waals surface area contributed by atoms with Gasteiger partial charge in [0.25, 0.3) is 0 Å². The average Bonchev–Trinajstić information content (AvgIpc) is 2.50. The van der Waals surface area contributed by atoms with Crippen molar-refractivity contribution < 1.29 is 14.3 Å². The molecule has 0 amide bonds. The maximum atomic E-state index is 11.7. The summed E-state index contributed by atoms with van der Waals surface area (Å²) in [6.07, 6.45) is 1.91. The Balaban J connectivity index is 2.28. The molecule has 0 radical (unpaired) electrons. The second kappa shape index (κ2) is 7.40. The van der Waals surface area contributed by atoms with Crippen LogP contribution in [0.15, 0.2) is 17.0 Å². The van der Waals surface area contributed by atoms with Crippen LogP contribution in [-0.4, -0.2) is 38.6 Å². The smallest absolute Gasteiger partial charge is 0.337 e. The molecule has 0 bridgehead atoms. The van der Waals surface area contributed by atoms with E-state index in [4.69, 9.17) is 15.2 Å². The van der Waals surface area contributed by atoms with Crippen LogP contribution in [0, 0.1) is 0 Å². The summed E-state index contributed by atoms with van der Waals surface area (Å²) in [6.45, 7) is 2.33. The quantitative estimate of drug-likeness (QED) is 0.612. The van der Waals surface area contributed by atoms with Crippen LogP contribution in [0.1, 0.15) is 23.2 Å². The molecular formula is C14H20N2O3S. The van der Waals surface area contributed by atoms with Crippen LogP contribution >= 0.6 is 11.8 Å². The van der Waals surface area contributed by atoms with Crippen LogP contribution in [0.25, 0.3) is 0 Å². The highest BCUT2D eigenvalue weighted by Crippen LogP contribution is 2.34. The first-order chi connectivity index (χ1) is 9.72. The minimum atomic E-state index is -0.363. The van der Waals surface area contributed by atoms with Gasteiger partial charge in [-0.3, -0.25) is 0 Å². The number of rotatable bonds is 1. The Kier molecular flexibility index (Phi) is 5.55. The van der Waals surface area contributed by atoms with Gasteiger partial charge in [-0.2, -0.15) is 0 Å². The van der Waals surface area contributed by atoms with Crippen LogP contribution in [0.4, 0.5) is 11.4 Å². The van der Waals surface area contributed by atoms with Gasteiger partial charge in [0.2, 0.25) is 0 Å².